The second kappa shape index (κ2) is 6.84. The van der Waals surface area contributed by atoms with Crippen LogP contribution < -0.4 is 5.32 Å². The van der Waals surface area contributed by atoms with Crippen LogP contribution in [0.25, 0.3) is 16.3 Å². The number of carbonyl (C=O) groups is 1. The van der Waals surface area contributed by atoms with Crippen LogP contribution in [0, 0.1) is 10.1 Å². The molecule has 9 nitrogen and oxygen atoms in total. The topological polar surface area (TPSA) is 119 Å². The summed E-state index contributed by atoms with van der Waals surface area (Å²) < 4.78 is 1.51. The predicted octanol–water partition coefficient (Wildman–Crippen LogP) is 3.48. The molecule has 0 saturated carbocycles. The lowest BCUT2D eigenvalue weighted by Gasteiger charge is -2.06. The highest BCUT2D eigenvalue weighted by Gasteiger charge is 2.19. The van der Waals surface area contributed by atoms with Gasteiger partial charge in [0.1, 0.15) is 5.69 Å². The van der Waals surface area contributed by atoms with Gasteiger partial charge < -0.3 is 9.88 Å². The van der Waals surface area contributed by atoms with Crippen molar-refractivity contribution in [1.29, 1.82) is 0 Å². The molecule has 1 amide bonds. The minimum Gasteiger partial charge on any atom is -0.305 e. The van der Waals surface area contributed by atoms with Crippen LogP contribution in [0.15, 0.2) is 60.5 Å². The molecule has 0 spiro atoms. The standard InChI is InChI=1S/C17H12N6O3S/c24-17(19-16-9-12(20-21-16)15-2-1-7-27-15)11-3-4-13(14(8-11)23(25)26)22-6-5-18-10-22/h1-10H,(H2,19,20,21,24). The number of rotatable bonds is 5. The van der Waals surface area contributed by atoms with Crippen LogP contribution in [0.4, 0.5) is 11.5 Å². The van der Waals surface area contributed by atoms with Crippen LogP contribution in [0.1, 0.15) is 10.4 Å². The van der Waals surface area contributed by atoms with Crippen LogP contribution >= 0.6 is 11.3 Å². The molecule has 0 bridgehead atoms. The van der Waals surface area contributed by atoms with E-state index in [9.17, 15) is 14.9 Å². The van der Waals surface area contributed by atoms with Gasteiger partial charge in [-0.25, -0.2) is 4.98 Å². The number of nitro groups is 1. The molecule has 4 aromatic rings. The molecule has 10 heteroatoms. The van der Waals surface area contributed by atoms with Crippen LogP contribution in [0.5, 0.6) is 0 Å². The van der Waals surface area contributed by atoms with Crippen molar-refractivity contribution >= 4 is 28.7 Å². The Morgan fingerprint density at radius 1 is 1.30 bits per heavy atom. The fourth-order valence-electron chi connectivity index (χ4n) is 2.56. The highest BCUT2D eigenvalue weighted by molar-refractivity contribution is 7.13. The molecule has 134 valence electrons. The summed E-state index contributed by atoms with van der Waals surface area (Å²) in [6.45, 7) is 0. The van der Waals surface area contributed by atoms with Crippen molar-refractivity contribution in [2.45, 2.75) is 0 Å². The maximum absolute atomic E-state index is 12.5. The summed E-state index contributed by atoms with van der Waals surface area (Å²) in [5.41, 5.74) is 1.07. The Bertz CT molecular complexity index is 1100. The fraction of sp³-hybridized carbons (Fsp3) is 0. The number of imidazole rings is 1. The third-order valence-corrected chi connectivity index (χ3v) is 4.73. The maximum atomic E-state index is 12.5. The number of carbonyl (C=O) groups excluding carboxylic acids is 1. The van der Waals surface area contributed by atoms with Gasteiger partial charge in [-0.05, 0) is 23.6 Å². The van der Waals surface area contributed by atoms with Crippen molar-refractivity contribution < 1.29 is 9.72 Å². The average molecular weight is 380 g/mol. The first-order chi connectivity index (χ1) is 13.1. The van der Waals surface area contributed by atoms with Crippen LogP contribution in [0.2, 0.25) is 0 Å². The number of hydrogen-bond acceptors (Lipinski definition) is 6. The van der Waals surface area contributed by atoms with Gasteiger partial charge in [-0.3, -0.25) is 20.0 Å². The summed E-state index contributed by atoms with van der Waals surface area (Å²) in [7, 11) is 0. The molecule has 0 fully saturated rings. The number of thiophene rings is 1. The zero-order valence-electron chi connectivity index (χ0n) is 13.7. The molecule has 0 aliphatic rings. The summed E-state index contributed by atoms with van der Waals surface area (Å²) in [5.74, 6) is -0.149. The SMILES string of the molecule is O=C(Nc1cc(-c2cccs2)[nH]n1)c1ccc(-n2ccnc2)c([N+](=O)[O-])c1. The first-order valence-corrected chi connectivity index (χ1v) is 8.67. The number of benzene rings is 1. The van der Waals surface area contributed by atoms with Crippen molar-refractivity contribution in [3.63, 3.8) is 0 Å². The minimum absolute atomic E-state index is 0.159. The van der Waals surface area contributed by atoms with Crippen molar-refractivity contribution in [3.05, 3.63) is 76.2 Å². The Labute approximate surface area is 156 Å². The highest BCUT2D eigenvalue weighted by atomic mass is 32.1. The van der Waals surface area contributed by atoms with Gasteiger partial charge in [-0.15, -0.1) is 11.3 Å². The minimum atomic E-state index is -0.532. The quantitative estimate of drug-likeness (QED) is 0.406. The van der Waals surface area contributed by atoms with E-state index in [2.05, 4.69) is 20.5 Å². The van der Waals surface area contributed by atoms with Crippen molar-refractivity contribution in [2.75, 3.05) is 5.32 Å². The average Bonchev–Trinajstić information content (AvgIpc) is 3.42. The predicted molar refractivity (Wildman–Crippen MR) is 100 cm³/mol. The fourth-order valence-corrected chi connectivity index (χ4v) is 3.26. The summed E-state index contributed by atoms with van der Waals surface area (Å²) in [6, 6.07) is 9.82. The van der Waals surface area contributed by atoms with Gasteiger partial charge >= 0.3 is 0 Å². The van der Waals surface area contributed by atoms with Crippen molar-refractivity contribution in [1.82, 2.24) is 19.7 Å². The van der Waals surface area contributed by atoms with E-state index in [-0.39, 0.29) is 11.3 Å². The van der Waals surface area contributed by atoms with Crippen LogP contribution in [-0.4, -0.2) is 30.6 Å². The molecule has 0 aliphatic carbocycles. The third-order valence-electron chi connectivity index (χ3n) is 3.82. The Hall–Kier alpha value is -3.79. The van der Waals surface area contributed by atoms with E-state index in [0.717, 1.165) is 10.6 Å². The number of aromatic nitrogens is 4. The van der Waals surface area contributed by atoms with Gasteiger partial charge in [0.15, 0.2) is 5.82 Å². The number of H-pyrrole nitrogens is 1. The molecule has 4 rings (SSSR count). The Morgan fingerprint density at radius 2 is 2.19 bits per heavy atom. The first-order valence-electron chi connectivity index (χ1n) is 7.79. The molecule has 0 radical (unpaired) electrons. The van der Waals surface area contributed by atoms with E-state index in [1.165, 1.54) is 35.3 Å². The molecule has 3 heterocycles. The second-order valence-electron chi connectivity index (χ2n) is 5.53. The van der Waals surface area contributed by atoms with Crippen LogP contribution in [-0.2, 0) is 0 Å². The number of nitrogens with one attached hydrogen (secondary N) is 2. The summed E-state index contributed by atoms with van der Waals surface area (Å²) in [6.07, 6.45) is 4.57. The second-order valence-corrected chi connectivity index (χ2v) is 6.48. The number of nitro benzene ring substituents is 1. The smallest absolute Gasteiger partial charge is 0.294 e. The Kier molecular flexibility index (Phi) is 4.22. The molecule has 0 saturated heterocycles. The zero-order chi connectivity index (χ0) is 18.8. The van der Waals surface area contributed by atoms with E-state index in [4.69, 9.17) is 0 Å². The lowest BCUT2D eigenvalue weighted by molar-refractivity contribution is -0.384. The maximum Gasteiger partial charge on any atom is 0.294 e. The monoisotopic (exact) mass is 380 g/mol. The van der Waals surface area contributed by atoms with Gasteiger partial charge in [-0.2, -0.15) is 5.10 Å². The largest absolute Gasteiger partial charge is 0.305 e. The third kappa shape index (κ3) is 3.33. The summed E-state index contributed by atoms with van der Waals surface area (Å²) in [4.78, 5) is 28.2. The Balaban J connectivity index is 1.59. The molecule has 2 N–H and O–H groups in total. The van der Waals surface area contributed by atoms with Crippen LogP contribution in [0.3, 0.4) is 0 Å². The Morgan fingerprint density at radius 3 is 2.89 bits per heavy atom. The van der Waals surface area contributed by atoms with E-state index in [1.807, 2.05) is 17.5 Å². The number of hydrogen-bond donors (Lipinski definition) is 2. The first kappa shape index (κ1) is 16.7. The molecule has 0 aliphatic heterocycles. The van der Waals surface area contributed by atoms with Gasteiger partial charge in [0.05, 0.1) is 21.8 Å². The van der Waals surface area contributed by atoms with Gasteiger partial charge in [-0.1, -0.05) is 6.07 Å². The molecule has 0 atom stereocenters. The summed E-state index contributed by atoms with van der Waals surface area (Å²) in [5, 5.41) is 22.9. The molecule has 1 aromatic carbocycles. The van der Waals surface area contributed by atoms with E-state index in [0.29, 0.717) is 11.5 Å². The molecular formula is C17H12N6O3S. The molecule has 3 aromatic heterocycles. The van der Waals surface area contributed by atoms with E-state index < -0.39 is 10.8 Å². The number of aromatic amines is 1. The van der Waals surface area contributed by atoms with E-state index in [1.54, 1.807) is 23.6 Å². The van der Waals surface area contributed by atoms with E-state index >= 15 is 0 Å². The highest BCUT2D eigenvalue weighted by Crippen LogP contribution is 2.26. The van der Waals surface area contributed by atoms with Crippen molar-refractivity contribution in [2.24, 2.45) is 0 Å². The lowest BCUT2D eigenvalue weighted by atomic mass is 10.1. The normalized spacial score (nSPS) is 10.7. The van der Waals surface area contributed by atoms with Gasteiger partial charge in [0.2, 0.25) is 0 Å². The number of nitrogens with zero attached hydrogens (tertiary/aromatic N) is 4. The number of anilines is 1. The number of amides is 1. The molecule has 0 unspecified atom stereocenters. The molecule has 27 heavy (non-hydrogen) atoms. The van der Waals surface area contributed by atoms with Gasteiger partial charge in [0, 0.05) is 30.1 Å². The zero-order valence-corrected chi connectivity index (χ0v) is 14.5. The molecular weight excluding hydrogens is 368 g/mol. The van der Waals surface area contributed by atoms with Crippen molar-refractivity contribution in [3.8, 4) is 16.3 Å². The van der Waals surface area contributed by atoms with Gasteiger partial charge in [0.25, 0.3) is 11.6 Å². The lowest BCUT2D eigenvalue weighted by Crippen LogP contribution is -2.13. The summed E-state index contributed by atoms with van der Waals surface area (Å²) >= 11 is 1.54.